The Morgan fingerprint density at radius 3 is 2.76 bits per heavy atom. The van der Waals surface area contributed by atoms with Gasteiger partial charge < -0.3 is 9.88 Å². The largest absolute Gasteiger partial charge is 0.383 e. The molecule has 6 nitrogen and oxygen atoms in total. The van der Waals surface area contributed by atoms with Gasteiger partial charge in [-0.15, -0.1) is 0 Å². The summed E-state index contributed by atoms with van der Waals surface area (Å²) in [6.45, 7) is 2.99. The van der Waals surface area contributed by atoms with Crippen LogP contribution in [0, 0.1) is 6.92 Å². The summed E-state index contributed by atoms with van der Waals surface area (Å²) in [4.78, 5) is 4.17. The second-order valence-electron chi connectivity index (χ2n) is 5.11. The Hall–Kier alpha value is -2.02. The molecule has 0 aliphatic carbocycles. The number of hydrogen-bond acceptors (Lipinski definition) is 4. The van der Waals surface area contributed by atoms with E-state index in [4.69, 9.17) is 0 Å². The molecule has 0 saturated heterocycles. The number of aryl methyl sites for hydroxylation is 2. The van der Waals surface area contributed by atoms with Crippen molar-refractivity contribution in [3.05, 3.63) is 36.3 Å². The molecule has 1 aliphatic rings. The van der Waals surface area contributed by atoms with Gasteiger partial charge in [-0.1, -0.05) is 12.1 Å². The summed E-state index contributed by atoms with van der Waals surface area (Å²) in [6.07, 6.45) is 2.31. The molecular weight excluding hydrogens is 288 g/mol. The maximum Gasteiger partial charge on any atom is 0.283 e. The SMILES string of the molecule is Cc1nc(S(=O)(=O)N2CCCNc3ccccc32)cn1C. The normalized spacial score (nSPS) is 15.2. The third-order valence-electron chi connectivity index (χ3n) is 3.67. The van der Waals surface area contributed by atoms with E-state index in [0.29, 0.717) is 18.1 Å². The van der Waals surface area contributed by atoms with Gasteiger partial charge in [-0.25, -0.2) is 4.98 Å². The van der Waals surface area contributed by atoms with E-state index in [1.54, 1.807) is 24.7 Å². The summed E-state index contributed by atoms with van der Waals surface area (Å²) >= 11 is 0. The molecule has 0 unspecified atom stereocenters. The van der Waals surface area contributed by atoms with E-state index in [-0.39, 0.29) is 5.03 Å². The van der Waals surface area contributed by atoms with Crippen LogP contribution in [0.3, 0.4) is 0 Å². The Morgan fingerprint density at radius 2 is 2.05 bits per heavy atom. The van der Waals surface area contributed by atoms with Gasteiger partial charge in [0.1, 0.15) is 5.82 Å². The first-order chi connectivity index (χ1) is 10.00. The zero-order valence-electron chi connectivity index (χ0n) is 12.1. The summed E-state index contributed by atoms with van der Waals surface area (Å²) in [5.74, 6) is 0.676. The van der Waals surface area contributed by atoms with Crippen molar-refractivity contribution in [2.75, 3.05) is 22.7 Å². The third kappa shape index (κ3) is 2.37. The minimum Gasteiger partial charge on any atom is -0.383 e. The van der Waals surface area contributed by atoms with Crippen LogP contribution in [0.15, 0.2) is 35.5 Å². The molecule has 0 saturated carbocycles. The van der Waals surface area contributed by atoms with Gasteiger partial charge in [0.2, 0.25) is 0 Å². The van der Waals surface area contributed by atoms with E-state index in [9.17, 15) is 8.42 Å². The lowest BCUT2D eigenvalue weighted by atomic mass is 10.2. The van der Waals surface area contributed by atoms with Crippen LogP contribution >= 0.6 is 0 Å². The van der Waals surface area contributed by atoms with Crippen molar-refractivity contribution < 1.29 is 8.42 Å². The second-order valence-corrected chi connectivity index (χ2v) is 6.92. The summed E-state index contributed by atoms with van der Waals surface area (Å²) in [5.41, 5.74) is 1.52. The number of anilines is 2. The van der Waals surface area contributed by atoms with E-state index in [1.807, 2.05) is 24.3 Å². The highest BCUT2D eigenvalue weighted by Gasteiger charge is 2.30. The highest BCUT2D eigenvalue weighted by molar-refractivity contribution is 7.92. The van der Waals surface area contributed by atoms with Gasteiger partial charge in [0.05, 0.1) is 11.4 Å². The van der Waals surface area contributed by atoms with E-state index in [1.165, 1.54) is 4.31 Å². The third-order valence-corrected chi connectivity index (χ3v) is 5.35. The van der Waals surface area contributed by atoms with Gasteiger partial charge in [-0.2, -0.15) is 8.42 Å². The van der Waals surface area contributed by atoms with Gasteiger partial charge in [0, 0.05) is 26.3 Å². The van der Waals surface area contributed by atoms with Crippen molar-refractivity contribution in [3.8, 4) is 0 Å². The quantitative estimate of drug-likeness (QED) is 0.917. The lowest BCUT2D eigenvalue weighted by Crippen LogP contribution is -2.32. The monoisotopic (exact) mass is 306 g/mol. The Kier molecular flexibility index (Phi) is 3.36. The van der Waals surface area contributed by atoms with Crippen molar-refractivity contribution >= 4 is 21.4 Å². The van der Waals surface area contributed by atoms with Crippen molar-refractivity contribution in [2.24, 2.45) is 7.05 Å². The molecule has 1 aromatic heterocycles. The minimum atomic E-state index is -3.64. The van der Waals surface area contributed by atoms with Gasteiger partial charge in [0.25, 0.3) is 10.0 Å². The van der Waals surface area contributed by atoms with E-state index in [2.05, 4.69) is 10.3 Å². The lowest BCUT2D eigenvalue weighted by Gasteiger charge is -2.22. The van der Waals surface area contributed by atoms with Gasteiger partial charge in [-0.3, -0.25) is 4.31 Å². The van der Waals surface area contributed by atoms with Crippen LogP contribution in [0.2, 0.25) is 0 Å². The average molecular weight is 306 g/mol. The molecule has 3 rings (SSSR count). The number of nitrogens with one attached hydrogen (secondary N) is 1. The number of hydrogen-bond donors (Lipinski definition) is 1. The number of nitrogens with zero attached hydrogens (tertiary/aromatic N) is 3. The fourth-order valence-corrected chi connectivity index (χ4v) is 3.97. The van der Waals surface area contributed by atoms with Crippen molar-refractivity contribution in [2.45, 2.75) is 18.4 Å². The molecule has 1 aromatic carbocycles. The first-order valence-electron chi connectivity index (χ1n) is 6.86. The average Bonchev–Trinajstić information content (AvgIpc) is 2.69. The minimum absolute atomic E-state index is 0.0965. The molecule has 7 heteroatoms. The van der Waals surface area contributed by atoms with Crippen LogP contribution in [0.25, 0.3) is 0 Å². The number of sulfonamides is 1. The lowest BCUT2D eigenvalue weighted by molar-refractivity contribution is 0.587. The molecule has 0 amide bonds. The molecule has 112 valence electrons. The number of imidazole rings is 1. The first kappa shape index (κ1) is 13.9. The molecule has 1 aliphatic heterocycles. The fourth-order valence-electron chi connectivity index (χ4n) is 2.42. The Morgan fingerprint density at radius 1 is 1.29 bits per heavy atom. The van der Waals surface area contributed by atoms with Crippen molar-refractivity contribution in [3.63, 3.8) is 0 Å². The molecule has 0 bridgehead atoms. The van der Waals surface area contributed by atoms with Crippen molar-refractivity contribution in [1.29, 1.82) is 0 Å². The summed E-state index contributed by atoms with van der Waals surface area (Å²) in [5, 5.41) is 3.36. The van der Waals surface area contributed by atoms with Crippen LogP contribution in [0.4, 0.5) is 11.4 Å². The Bertz CT molecular complexity index is 748. The molecular formula is C14H18N4O2S. The predicted octanol–water partition coefficient (Wildman–Crippen LogP) is 1.74. The molecule has 0 radical (unpaired) electrons. The number of rotatable bonds is 2. The second kappa shape index (κ2) is 5.07. The molecule has 0 atom stereocenters. The number of fused-ring (bicyclic) bond motifs is 1. The maximum atomic E-state index is 12.9. The molecule has 2 heterocycles. The molecule has 21 heavy (non-hydrogen) atoms. The highest BCUT2D eigenvalue weighted by Crippen LogP contribution is 2.32. The predicted molar refractivity (Wildman–Crippen MR) is 82.0 cm³/mol. The van der Waals surface area contributed by atoms with E-state index >= 15 is 0 Å². The topological polar surface area (TPSA) is 67.2 Å². The fraction of sp³-hybridized carbons (Fsp3) is 0.357. The molecule has 1 N–H and O–H groups in total. The smallest absolute Gasteiger partial charge is 0.283 e. The number of aromatic nitrogens is 2. The van der Waals surface area contributed by atoms with E-state index < -0.39 is 10.0 Å². The zero-order valence-corrected chi connectivity index (χ0v) is 12.9. The standard InChI is InChI=1S/C14H18N4O2S/c1-11-16-14(10-17(11)2)21(19,20)18-9-5-8-15-12-6-3-4-7-13(12)18/h3-4,6-7,10,15H,5,8-9H2,1-2H3. The summed E-state index contributed by atoms with van der Waals surface area (Å²) in [7, 11) is -1.85. The number of benzene rings is 1. The Balaban J connectivity index is 2.10. The van der Waals surface area contributed by atoms with Crippen LogP contribution in [-0.2, 0) is 17.1 Å². The highest BCUT2D eigenvalue weighted by atomic mass is 32.2. The van der Waals surface area contributed by atoms with Gasteiger partial charge >= 0.3 is 0 Å². The maximum absolute atomic E-state index is 12.9. The van der Waals surface area contributed by atoms with Gasteiger partial charge in [0.15, 0.2) is 5.03 Å². The zero-order chi connectivity index (χ0) is 15.0. The van der Waals surface area contributed by atoms with Gasteiger partial charge in [-0.05, 0) is 25.5 Å². The van der Waals surface area contributed by atoms with Crippen LogP contribution in [-0.4, -0.2) is 31.1 Å². The van der Waals surface area contributed by atoms with E-state index in [0.717, 1.165) is 18.7 Å². The molecule has 2 aromatic rings. The summed E-state index contributed by atoms with van der Waals surface area (Å²) in [6, 6.07) is 7.46. The Labute approximate surface area is 124 Å². The molecule has 0 spiro atoms. The molecule has 0 fully saturated rings. The van der Waals surface area contributed by atoms with Crippen LogP contribution in [0.1, 0.15) is 12.2 Å². The number of para-hydroxylation sites is 2. The summed E-state index contributed by atoms with van der Waals surface area (Å²) < 4.78 is 28.9. The van der Waals surface area contributed by atoms with Crippen molar-refractivity contribution in [1.82, 2.24) is 9.55 Å². The van der Waals surface area contributed by atoms with Crippen LogP contribution < -0.4 is 9.62 Å². The van der Waals surface area contributed by atoms with Crippen LogP contribution in [0.5, 0.6) is 0 Å². The first-order valence-corrected chi connectivity index (χ1v) is 8.30.